The van der Waals surface area contributed by atoms with Crippen LogP contribution in [0.4, 0.5) is 0 Å². The Kier molecular flexibility index (Phi) is 4.00. The number of pyridine rings is 1. The molecule has 1 aliphatic heterocycles. The molecule has 1 aliphatic rings. The van der Waals surface area contributed by atoms with E-state index >= 15 is 0 Å². The van der Waals surface area contributed by atoms with Crippen LogP contribution in [-0.4, -0.2) is 27.2 Å². The number of halogens is 1. The summed E-state index contributed by atoms with van der Waals surface area (Å²) >= 11 is 0. The minimum atomic E-state index is -0.0106. The Balaban J connectivity index is 0.00000144. The van der Waals surface area contributed by atoms with Crippen molar-refractivity contribution in [1.82, 2.24) is 19.4 Å². The Morgan fingerprint density at radius 1 is 1.14 bits per heavy atom. The van der Waals surface area contributed by atoms with Gasteiger partial charge in [0, 0.05) is 12.7 Å². The maximum atomic E-state index is 12.9. The number of rotatable bonds is 2. The number of aromatic nitrogens is 3. The van der Waals surface area contributed by atoms with Crippen molar-refractivity contribution in [1.29, 1.82) is 0 Å². The van der Waals surface area contributed by atoms with E-state index in [1.54, 1.807) is 10.8 Å². The fraction of sp³-hybridized carbons (Fsp3) is 0.250. The van der Waals surface area contributed by atoms with Crippen LogP contribution in [0.3, 0.4) is 0 Å². The lowest BCUT2D eigenvalue weighted by atomic mass is 10.2. The zero-order chi connectivity index (χ0) is 14.2. The van der Waals surface area contributed by atoms with E-state index in [2.05, 4.69) is 10.3 Å². The van der Waals surface area contributed by atoms with Gasteiger partial charge in [-0.15, -0.1) is 12.4 Å². The van der Waals surface area contributed by atoms with Crippen LogP contribution in [0.25, 0.3) is 16.9 Å². The van der Waals surface area contributed by atoms with E-state index in [1.165, 1.54) is 0 Å². The Morgan fingerprint density at radius 3 is 2.68 bits per heavy atom. The van der Waals surface area contributed by atoms with Crippen LogP contribution in [-0.2, 0) is 0 Å². The van der Waals surface area contributed by atoms with Gasteiger partial charge < -0.3 is 5.32 Å². The van der Waals surface area contributed by atoms with Crippen LogP contribution in [0.2, 0.25) is 0 Å². The second kappa shape index (κ2) is 5.94. The maximum absolute atomic E-state index is 12.9. The van der Waals surface area contributed by atoms with E-state index in [4.69, 9.17) is 0 Å². The van der Waals surface area contributed by atoms with Crippen LogP contribution in [0.15, 0.2) is 53.5 Å². The van der Waals surface area contributed by atoms with Crippen molar-refractivity contribution >= 4 is 23.6 Å². The monoisotopic (exact) mass is 316 g/mol. The van der Waals surface area contributed by atoms with Gasteiger partial charge in [0.15, 0.2) is 5.65 Å². The Bertz CT molecular complexity index is 834. The van der Waals surface area contributed by atoms with E-state index in [9.17, 15) is 4.79 Å². The topological polar surface area (TPSA) is 51.9 Å². The first-order valence-electron chi connectivity index (χ1n) is 7.20. The molecule has 0 radical (unpaired) electrons. The zero-order valence-corrected chi connectivity index (χ0v) is 12.8. The molecule has 1 N–H and O–H groups in total. The number of fused-ring (bicyclic) bond motifs is 1. The van der Waals surface area contributed by atoms with Crippen LogP contribution in [0.5, 0.6) is 0 Å². The smallest absolute Gasteiger partial charge is 0.315 e. The minimum absolute atomic E-state index is 0. The summed E-state index contributed by atoms with van der Waals surface area (Å²) in [5, 5.41) is 3.32. The number of hydrogen-bond donors (Lipinski definition) is 1. The number of para-hydroxylation sites is 1. The molecule has 6 heteroatoms. The molecule has 0 aliphatic carbocycles. The molecule has 4 rings (SSSR count). The highest BCUT2D eigenvalue weighted by Gasteiger charge is 2.24. The molecule has 0 bridgehead atoms. The van der Waals surface area contributed by atoms with Crippen molar-refractivity contribution < 1.29 is 0 Å². The second-order valence-electron chi connectivity index (χ2n) is 5.32. The van der Waals surface area contributed by atoms with Gasteiger partial charge in [0.05, 0.1) is 17.2 Å². The second-order valence-corrected chi connectivity index (χ2v) is 5.32. The van der Waals surface area contributed by atoms with E-state index in [0.717, 1.165) is 36.4 Å². The Hall–Kier alpha value is -2.11. The van der Waals surface area contributed by atoms with Gasteiger partial charge in [0.1, 0.15) is 0 Å². The molecule has 1 aromatic carbocycles. The van der Waals surface area contributed by atoms with Gasteiger partial charge in [0.25, 0.3) is 0 Å². The summed E-state index contributed by atoms with van der Waals surface area (Å²) < 4.78 is 3.59. The summed E-state index contributed by atoms with van der Waals surface area (Å²) in [5.41, 5.74) is 2.49. The standard InChI is InChI=1S/C16H16N4O.ClH/c21-16-19(12-5-2-1-3-6-12)14-7-4-9-18-15(14)20(16)13-8-10-17-11-13;/h1-7,9,13,17H,8,10-11H2;1H/t13-;/m0./s1. The van der Waals surface area contributed by atoms with E-state index in [1.807, 2.05) is 47.0 Å². The Morgan fingerprint density at radius 2 is 1.95 bits per heavy atom. The van der Waals surface area contributed by atoms with Gasteiger partial charge in [-0.2, -0.15) is 0 Å². The summed E-state index contributed by atoms with van der Waals surface area (Å²) in [4.78, 5) is 17.4. The first-order valence-corrected chi connectivity index (χ1v) is 7.20. The average molecular weight is 317 g/mol. The Labute approximate surface area is 134 Å². The summed E-state index contributed by atoms with van der Waals surface area (Å²) in [6.45, 7) is 1.77. The maximum Gasteiger partial charge on any atom is 0.335 e. The lowest BCUT2D eigenvalue weighted by Crippen LogP contribution is -2.28. The predicted octanol–water partition coefficient (Wildman–Crippen LogP) is 2.14. The van der Waals surface area contributed by atoms with Gasteiger partial charge in [-0.05, 0) is 37.2 Å². The van der Waals surface area contributed by atoms with Crippen molar-refractivity contribution in [2.24, 2.45) is 0 Å². The van der Waals surface area contributed by atoms with Gasteiger partial charge >= 0.3 is 5.69 Å². The molecule has 114 valence electrons. The molecule has 1 fully saturated rings. The van der Waals surface area contributed by atoms with Crippen LogP contribution < -0.4 is 11.0 Å². The average Bonchev–Trinajstić information content (AvgIpc) is 3.13. The number of imidazole rings is 1. The first kappa shape index (κ1) is 14.8. The van der Waals surface area contributed by atoms with Crippen LogP contribution >= 0.6 is 12.4 Å². The highest BCUT2D eigenvalue weighted by Crippen LogP contribution is 2.21. The quantitative estimate of drug-likeness (QED) is 0.788. The molecular formula is C16H17ClN4O. The lowest BCUT2D eigenvalue weighted by molar-refractivity contribution is 0.537. The van der Waals surface area contributed by atoms with E-state index < -0.39 is 0 Å². The number of hydrogen-bond acceptors (Lipinski definition) is 3. The van der Waals surface area contributed by atoms with Crippen molar-refractivity contribution in [3.05, 3.63) is 59.1 Å². The summed E-state index contributed by atoms with van der Waals surface area (Å²) in [6.07, 6.45) is 2.71. The predicted molar refractivity (Wildman–Crippen MR) is 89.1 cm³/mol. The zero-order valence-electron chi connectivity index (χ0n) is 12.0. The summed E-state index contributed by atoms with van der Waals surface area (Å²) in [6, 6.07) is 13.7. The molecule has 3 aromatic rings. The lowest BCUT2D eigenvalue weighted by Gasteiger charge is -2.09. The van der Waals surface area contributed by atoms with Gasteiger partial charge in [-0.3, -0.25) is 9.13 Å². The fourth-order valence-electron chi connectivity index (χ4n) is 3.07. The highest BCUT2D eigenvalue weighted by molar-refractivity contribution is 5.85. The molecule has 5 nitrogen and oxygen atoms in total. The third-order valence-electron chi connectivity index (χ3n) is 4.05. The van der Waals surface area contributed by atoms with Crippen molar-refractivity contribution in [3.63, 3.8) is 0 Å². The molecule has 0 unspecified atom stereocenters. The van der Waals surface area contributed by atoms with Gasteiger partial charge in [0.2, 0.25) is 0 Å². The molecular weight excluding hydrogens is 300 g/mol. The molecule has 0 spiro atoms. The van der Waals surface area contributed by atoms with E-state index in [-0.39, 0.29) is 24.1 Å². The molecule has 1 saturated heterocycles. The van der Waals surface area contributed by atoms with Crippen molar-refractivity contribution in [3.8, 4) is 5.69 Å². The molecule has 22 heavy (non-hydrogen) atoms. The van der Waals surface area contributed by atoms with Gasteiger partial charge in [-0.1, -0.05) is 18.2 Å². The molecule has 1 atom stereocenters. The van der Waals surface area contributed by atoms with Gasteiger partial charge in [-0.25, -0.2) is 9.78 Å². The number of nitrogens with zero attached hydrogens (tertiary/aromatic N) is 3. The van der Waals surface area contributed by atoms with Crippen molar-refractivity contribution in [2.75, 3.05) is 13.1 Å². The minimum Gasteiger partial charge on any atom is -0.315 e. The summed E-state index contributed by atoms with van der Waals surface area (Å²) in [5.74, 6) is 0. The first-order chi connectivity index (χ1) is 10.4. The fourth-order valence-corrected chi connectivity index (χ4v) is 3.07. The molecule has 3 heterocycles. The molecule has 0 saturated carbocycles. The van der Waals surface area contributed by atoms with Crippen LogP contribution in [0, 0.1) is 0 Å². The van der Waals surface area contributed by atoms with Crippen molar-refractivity contribution in [2.45, 2.75) is 12.5 Å². The third-order valence-corrected chi connectivity index (χ3v) is 4.05. The summed E-state index contributed by atoms with van der Waals surface area (Å²) in [7, 11) is 0. The molecule has 0 amide bonds. The highest BCUT2D eigenvalue weighted by atomic mass is 35.5. The van der Waals surface area contributed by atoms with E-state index in [0.29, 0.717) is 0 Å². The number of benzene rings is 1. The normalized spacial score (nSPS) is 17.5. The molecule has 2 aromatic heterocycles. The largest absolute Gasteiger partial charge is 0.335 e. The third kappa shape index (κ3) is 2.23. The van der Waals surface area contributed by atoms with Crippen LogP contribution in [0.1, 0.15) is 12.5 Å². The SMILES string of the molecule is Cl.O=c1n(-c2ccccc2)c2cccnc2n1[C@H]1CCNC1. The number of nitrogens with one attached hydrogen (secondary N) is 1.